The highest BCUT2D eigenvalue weighted by atomic mass is 19.1. The van der Waals surface area contributed by atoms with Crippen LogP contribution >= 0.6 is 0 Å². The highest BCUT2D eigenvalue weighted by molar-refractivity contribution is 5.39. The van der Waals surface area contributed by atoms with Crippen LogP contribution in [0.25, 0.3) is 0 Å². The molecule has 17 heavy (non-hydrogen) atoms. The second-order valence-electron chi connectivity index (χ2n) is 4.88. The molecule has 1 aliphatic heterocycles. The molecule has 1 aromatic rings. The van der Waals surface area contributed by atoms with E-state index < -0.39 is 0 Å². The third-order valence-electron chi connectivity index (χ3n) is 3.64. The number of benzene rings is 1. The van der Waals surface area contributed by atoms with Gasteiger partial charge >= 0.3 is 0 Å². The Morgan fingerprint density at radius 3 is 2.88 bits per heavy atom. The van der Waals surface area contributed by atoms with E-state index in [-0.39, 0.29) is 17.5 Å². The number of hydrogen-bond acceptors (Lipinski definition) is 2. The molecule has 1 aliphatic rings. The van der Waals surface area contributed by atoms with Crippen molar-refractivity contribution in [3.63, 3.8) is 0 Å². The van der Waals surface area contributed by atoms with Crippen LogP contribution in [0.5, 0.6) is 5.75 Å². The Kier molecular flexibility index (Phi) is 3.38. The smallest absolute Gasteiger partial charge is 0.127 e. The quantitative estimate of drug-likeness (QED) is 0.872. The standard InChI is InChI=1S/C14H20FNO/c1-3-7-14(4-2)9-12(16)11-6-5-10(15)8-13(11)17-14/h5-6,8,12H,3-4,7,9,16H2,1-2H3/t12-,14?/m0/s1. The number of fused-ring (bicyclic) bond motifs is 1. The molecule has 94 valence electrons. The SMILES string of the molecule is CCCC1(CC)C[C@H](N)c2ccc(F)cc2O1. The van der Waals surface area contributed by atoms with E-state index in [0.29, 0.717) is 5.75 Å². The van der Waals surface area contributed by atoms with Gasteiger partial charge in [0.1, 0.15) is 17.2 Å². The van der Waals surface area contributed by atoms with Gasteiger partial charge < -0.3 is 10.5 Å². The second kappa shape index (κ2) is 4.65. The Labute approximate surface area is 102 Å². The highest BCUT2D eigenvalue weighted by Gasteiger charge is 2.37. The molecule has 0 fully saturated rings. The maximum absolute atomic E-state index is 13.2. The van der Waals surface area contributed by atoms with Crippen molar-refractivity contribution >= 4 is 0 Å². The summed E-state index contributed by atoms with van der Waals surface area (Å²) in [5.41, 5.74) is 6.88. The highest BCUT2D eigenvalue weighted by Crippen LogP contribution is 2.42. The lowest BCUT2D eigenvalue weighted by molar-refractivity contribution is 0.0227. The van der Waals surface area contributed by atoms with Gasteiger partial charge in [-0.05, 0) is 18.9 Å². The van der Waals surface area contributed by atoms with Gasteiger partial charge in [0.05, 0.1) is 0 Å². The van der Waals surface area contributed by atoms with Crippen molar-refractivity contribution in [3.8, 4) is 5.75 Å². The normalized spacial score (nSPS) is 27.4. The summed E-state index contributed by atoms with van der Waals surface area (Å²) in [6.45, 7) is 4.24. The lowest BCUT2D eigenvalue weighted by atomic mass is 9.83. The molecule has 0 aromatic heterocycles. The van der Waals surface area contributed by atoms with Crippen molar-refractivity contribution in [2.75, 3.05) is 0 Å². The zero-order valence-corrected chi connectivity index (χ0v) is 10.5. The summed E-state index contributed by atoms with van der Waals surface area (Å²) in [4.78, 5) is 0. The van der Waals surface area contributed by atoms with Crippen LogP contribution in [0.4, 0.5) is 4.39 Å². The molecule has 0 amide bonds. The third kappa shape index (κ3) is 2.29. The van der Waals surface area contributed by atoms with Crippen LogP contribution in [0.1, 0.15) is 51.1 Å². The molecule has 2 nitrogen and oxygen atoms in total. The molecule has 0 radical (unpaired) electrons. The molecule has 3 heteroatoms. The molecule has 1 aromatic carbocycles. The summed E-state index contributed by atoms with van der Waals surface area (Å²) < 4.78 is 19.3. The van der Waals surface area contributed by atoms with Crippen LogP contribution in [0, 0.1) is 5.82 Å². The molecule has 0 saturated carbocycles. The Bertz CT molecular complexity index is 407. The Hall–Kier alpha value is -1.09. The van der Waals surface area contributed by atoms with Gasteiger partial charge in [-0.1, -0.05) is 26.3 Å². The van der Waals surface area contributed by atoms with Gasteiger partial charge in [0, 0.05) is 24.1 Å². The number of halogens is 1. The molecule has 0 aliphatic carbocycles. The van der Waals surface area contributed by atoms with Crippen LogP contribution in [0.3, 0.4) is 0 Å². The van der Waals surface area contributed by atoms with E-state index in [4.69, 9.17) is 10.5 Å². The van der Waals surface area contributed by atoms with Crippen molar-refractivity contribution in [2.24, 2.45) is 5.73 Å². The third-order valence-corrected chi connectivity index (χ3v) is 3.64. The number of rotatable bonds is 3. The zero-order valence-electron chi connectivity index (χ0n) is 10.5. The summed E-state index contributed by atoms with van der Waals surface area (Å²) >= 11 is 0. The molecule has 2 rings (SSSR count). The lowest BCUT2D eigenvalue weighted by Gasteiger charge is -2.41. The first-order valence-electron chi connectivity index (χ1n) is 6.34. The topological polar surface area (TPSA) is 35.2 Å². The molecule has 1 heterocycles. The van der Waals surface area contributed by atoms with Gasteiger partial charge in [-0.25, -0.2) is 4.39 Å². The number of ether oxygens (including phenoxy) is 1. The van der Waals surface area contributed by atoms with Crippen LogP contribution in [-0.4, -0.2) is 5.60 Å². The largest absolute Gasteiger partial charge is 0.487 e. The summed E-state index contributed by atoms with van der Waals surface area (Å²) in [5.74, 6) is 0.360. The summed E-state index contributed by atoms with van der Waals surface area (Å²) in [7, 11) is 0. The van der Waals surface area contributed by atoms with E-state index in [9.17, 15) is 4.39 Å². The van der Waals surface area contributed by atoms with Gasteiger partial charge in [-0.15, -0.1) is 0 Å². The maximum atomic E-state index is 13.2. The molecule has 2 N–H and O–H groups in total. The van der Waals surface area contributed by atoms with Gasteiger partial charge in [0.2, 0.25) is 0 Å². The average Bonchev–Trinajstić information content (AvgIpc) is 2.28. The van der Waals surface area contributed by atoms with E-state index in [1.807, 2.05) is 0 Å². The molecular weight excluding hydrogens is 217 g/mol. The Morgan fingerprint density at radius 2 is 2.24 bits per heavy atom. The number of nitrogens with two attached hydrogens (primary N) is 1. The van der Waals surface area contributed by atoms with Crippen molar-refractivity contribution in [1.29, 1.82) is 0 Å². The van der Waals surface area contributed by atoms with Crippen LogP contribution in [0.15, 0.2) is 18.2 Å². The van der Waals surface area contributed by atoms with Crippen molar-refractivity contribution in [3.05, 3.63) is 29.6 Å². The fourth-order valence-electron chi connectivity index (χ4n) is 2.69. The first-order valence-corrected chi connectivity index (χ1v) is 6.34. The van der Waals surface area contributed by atoms with Crippen LogP contribution in [0.2, 0.25) is 0 Å². The second-order valence-corrected chi connectivity index (χ2v) is 4.88. The van der Waals surface area contributed by atoms with Gasteiger partial charge in [0.25, 0.3) is 0 Å². The van der Waals surface area contributed by atoms with Crippen molar-refractivity contribution in [2.45, 2.75) is 51.2 Å². The van der Waals surface area contributed by atoms with Gasteiger partial charge in [-0.3, -0.25) is 0 Å². The Balaban J connectivity index is 2.36. The molecule has 1 unspecified atom stereocenters. The first-order chi connectivity index (χ1) is 8.10. The fraction of sp³-hybridized carbons (Fsp3) is 0.571. The van der Waals surface area contributed by atoms with Gasteiger partial charge in [-0.2, -0.15) is 0 Å². The fourth-order valence-corrected chi connectivity index (χ4v) is 2.69. The minimum Gasteiger partial charge on any atom is -0.487 e. The van der Waals surface area contributed by atoms with Crippen molar-refractivity contribution in [1.82, 2.24) is 0 Å². The molecule has 0 spiro atoms. The van der Waals surface area contributed by atoms with E-state index in [0.717, 1.165) is 31.2 Å². The molecule has 0 bridgehead atoms. The van der Waals surface area contributed by atoms with Crippen LogP contribution in [-0.2, 0) is 0 Å². The minimum absolute atomic E-state index is 0.0501. The maximum Gasteiger partial charge on any atom is 0.127 e. The molecule has 0 saturated heterocycles. The van der Waals surface area contributed by atoms with E-state index in [2.05, 4.69) is 13.8 Å². The van der Waals surface area contributed by atoms with Crippen molar-refractivity contribution < 1.29 is 9.13 Å². The first kappa shape index (κ1) is 12.4. The minimum atomic E-state index is -0.264. The monoisotopic (exact) mass is 237 g/mol. The Morgan fingerprint density at radius 1 is 1.47 bits per heavy atom. The van der Waals surface area contributed by atoms with E-state index in [1.54, 1.807) is 6.07 Å². The molecular formula is C14H20FNO. The lowest BCUT2D eigenvalue weighted by Crippen LogP contribution is -2.42. The number of hydrogen-bond donors (Lipinski definition) is 1. The average molecular weight is 237 g/mol. The summed E-state index contributed by atoms with van der Waals surface area (Å²) in [5, 5.41) is 0. The predicted octanol–water partition coefficient (Wildman–Crippen LogP) is 3.56. The molecule has 2 atom stereocenters. The zero-order chi connectivity index (χ0) is 12.5. The summed E-state index contributed by atoms with van der Waals surface area (Å²) in [6.07, 6.45) is 3.73. The van der Waals surface area contributed by atoms with Gasteiger partial charge in [0.15, 0.2) is 0 Å². The van der Waals surface area contributed by atoms with E-state index >= 15 is 0 Å². The summed E-state index contributed by atoms with van der Waals surface area (Å²) in [6, 6.07) is 4.58. The van der Waals surface area contributed by atoms with E-state index in [1.165, 1.54) is 12.1 Å². The van der Waals surface area contributed by atoms with Crippen LogP contribution < -0.4 is 10.5 Å². The predicted molar refractivity (Wildman–Crippen MR) is 66.5 cm³/mol.